The van der Waals surface area contributed by atoms with Crippen LogP contribution in [0.5, 0.6) is 0 Å². The summed E-state index contributed by atoms with van der Waals surface area (Å²) < 4.78 is 2.53. The van der Waals surface area contributed by atoms with Gasteiger partial charge in [-0.25, -0.2) is 4.98 Å². The first kappa shape index (κ1) is 17.0. The third-order valence-electron chi connectivity index (χ3n) is 6.58. The molecule has 0 amide bonds. The lowest BCUT2D eigenvalue weighted by Crippen LogP contribution is -2.49. The van der Waals surface area contributed by atoms with Crippen LogP contribution in [-0.4, -0.2) is 33.6 Å². The summed E-state index contributed by atoms with van der Waals surface area (Å²) in [4.78, 5) is 7.80. The van der Waals surface area contributed by atoms with Gasteiger partial charge in [-0.15, -0.1) is 0 Å². The van der Waals surface area contributed by atoms with Crippen LogP contribution in [-0.2, 0) is 13.0 Å². The van der Waals surface area contributed by atoms with Gasteiger partial charge in [-0.2, -0.15) is 0 Å². The lowest BCUT2D eigenvalue weighted by atomic mass is 9.83. The average molecular weight is 360 g/mol. The Bertz CT molecular complexity index is 896. The molecule has 5 rings (SSSR count). The monoisotopic (exact) mass is 359 g/mol. The van der Waals surface area contributed by atoms with E-state index < -0.39 is 0 Å². The molecule has 27 heavy (non-hydrogen) atoms. The Morgan fingerprint density at radius 2 is 1.67 bits per heavy atom. The highest BCUT2D eigenvalue weighted by Crippen LogP contribution is 2.33. The van der Waals surface area contributed by atoms with E-state index in [1.54, 1.807) is 0 Å². The van der Waals surface area contributed by atoms with Crippen LogP contribution in [0, 0.1) is 5.92 Å². The van der Waals surface area contributed by atoms with Crippen molar-refractivity contribution in [2.75, 3.05) is 13.1 Å². The van der Waals surface area contributed by atoms with Crippen LogP contribution in [0.2, 0.25) is 0 Å². The molecule has 140 valence electrons. The third-order valence-corrected chi connectivity index (χ3v) is 6.58. The highest BCUT2D eigenvalue weighted by atomic mass is 15.2. The summed E-state index contributed by atoms with van der Waals surface area (Å²) in [5, 5.41) is 0. The van der Waals surface area contributed by atoms with Crippen LogP contribution in [0.4, 0.5) is 0 Å². The zero-order valence-electron chi connectivity index (χ0n) is 16.1. The van der Waals surface area contributed by atoms with Gasteiger partial charge < -0.3 is 9.47 Å². The summed E-state index contributed by atoms with van der Waals surface area (Å²) in [6, 6.07) is 20.2. The van der Waals surface area contributed by atoms with Gasteiger partial charge in [0.2, 0.25) is 0 Å². The van der Waals surface area contributed by atoms with E-state index in [1.165, 1.54) is 62.1 Å². The molecule has 0 spiro atoms. The van der Waals surface area contributed by atoms with Crippen molar-refractivity contribution in [2.45, 2.75) is 51.1 Å². The number of hydrogen-bond donors (Lipinski definition) is 0. The summed E-state index contributed by atoms with van der Waals surface area (Å²) in [6.07, 6.45) is 7.79. The van der Waals surface area contributed by atoms with Crippen molar-refractivity contribution in [2.24, 2.45) is 5.92 Å². The van der Waals surface area contributed by atoms with Crippen LogP contribution < -0.4 is 0 Å². The predicted molar refractivity (Wildman–Crippen MR) is 111 cm³/mol. The summed E-state index contributed by atoms with van der Waals surface area (Å²) in [5.41, 5.74) is 3.79. The summed E-state index contributed by atoms with van der Waals surface area (Å²) in [5.74, 6) is 1.97. The second kappa shape index (κ2) is 7.47. The highest BCUT2D eigenvalue weighted by Gasteiger charge is 2.33. The first-order valence-electron chi connectivity index (χ1n) is 10.6. The van der Waals surface area contributed by atoms with E-state index in [-0.39, 0.29) is 0 Å². The molecule has 2 aliphatic rings. The zero-order valence-corrected chi connectivity index (χ0v) is 16.1. The average Bonchev–Trinajstić information content (AvgIpc) is 3.06. The molecular formula is C24H29N3. The van der Waals surface area contributed by atoms with Crippen molar-refractivity contribution in [3.63, 3.8) is 0 Å². The second-order valence-corrected chi connectivity index (χ2v) is 8.29. The molecule has 3 nitrogen and oxygen atoms in total. The summed E-state index contributed by atoms with van der Waals surface area (Å²) >= 11 is 0. The van der Waals surface area contributed by atoms with Gasteiger partial charge >= 0.3 is 0 Å². The number of imidazole rings is 1. The molecule has 3 heteroatoms. The molecule has 3 aromatic rings. The molecule has 0 aliphatic carbocycles. The molecule has 0 radical (unpaired) electrons. The summed E-state index contributed by atoms with van der Waals surface area (Å²) in [6.45, 7) is 3.73. The van der Waals surface area contributed by atoms with Crippen molar-refractivity contribution in [3.8, 4) is 0 Å². The van der Waals surface area contributed by atoms with E-state index in [9.17, 15) is 0 Å². The molecule has 0 N–H and O–H groups in total. The van der Waals surface area contributed by atoms with Gasteiger partial charge in [-0.05, 0) is 62.4 Å². The van der Waals surface area contributed by atoms with E-state index in [2.05, 4.69) is 64.1 Å². The van der Waals surface area contributed by atoms with Crippen LogP contribution in [0.25, 0.3) is 11.0 Å². The molecule has 2 atom stereocenters. The first-order valence-corrected chi connectivity index (χ1v) is 10.6. The van der Waals surface area contributed by atoms with Crippen LogP contribution in [0.1, 0.15) is 43.5 Å². The Morgan fingerprint density at radius 1 is 0.852 bits per heavy atom. The normalized spacial score (nSPS) is 23.4. The van der Waals surface area contributed by atoms with Crippen LogP contribution in [0.3, 0.4) is 0 Å². The Balaban J connectivity index is 1.48. The quantitative estimate of drug-likeness (QED) is 0.661. The molecule has 1 aromatic heterocycles. The minimum absolute atomic E-state index is 0.756. The number of rotatable bonds is 4. The van der Waals surface area contributed by atoms with Gasteiger partial charge in [-0.1, -0.05) is 48.9 Å². The number of para-hydroxylation sites is 2. The van der Waals surface area contributed by atoms with E-state index in [4.69, 9.17) is 4.98 Å². The maximum Gasteiger partial charge on any atom is 0.114 e. The number of fused-ring (bicyclic) bond motifs is 2. The Kier molecular flexibility index (Phi) is 4.71. The fraction of sp³-hybridized carbons (Fsp3) is 0.458. The van der Waals surface area contributed by atoms with Crippen molar-refractivity contribution >= 4 is 11.0 Å². The zero-order chi connectivity index (χ0) is 18.1. The molecule has 2 aliphatic heterocycles. The van der Waals surface area contributed by atoms with Gasteiger partial charge in [0.05, 0.1) is 11.0 Å². The minimum Gasteiger partial charge on any atom is -0.327 e. The lowest BCUT2D eigenvalue weighted by Gasteiger charge is -2.44. The van der Waals surface area contributed by atoms with Crippen molar-refractivity contribution in [3.05, 3.63) is 66.0 Å². The minimum atomic E-state index is 0.756. The summed E-state index contributed by atoms with van der Waals surface area (Å²) in [7, 11) is 0. The molecule has 2 fully saturated rings. The predicted octanol–water partition coefficient (Wildman–Crippen LogP) is 4.89. The van der Waals surface area contributed by atoms with E-state index in [1.807, 2.05) is 0 Å². The molecule has 0 saturated carbocycles. The molecule has 2 saturated heterocycles. The standard InChI is InChI=1S/C24H29N3/c1-2-9-19(10-3-1)17-24-25-21-12-4-5-14-23(21)27(24)18-20-11-8-16-26-15-7-6-13-22(20)26/h1-5,9-10,12,14,20,22H,6-8,11,13,15-18H2. The Labute approximate surface area is 162 Å². The van der Waals surface area contributed by atoms with Gasteiger partial charge in [0.1, 0.15) is 5.82 Å². The highest BCUT2D eigenvalue weighted by molar-refractivity contribution is 5.76. The van der Waals surface area contributed by atoms with E-state index in [0.29, 0.717) is 0 Å². The second-order valence-electron chi connectivity index (χ2n) is 8.29. The number of hydrogen-bond acceptors (Lipinski definition) is 2. The Hall–Kier alpha value is -2.13. The fourth-order valence-electron chi connectivity index (χ4n) is 5.27. The SMILES string of the molecule is c1ccc(Cc2nc3ccccc3n2CC2CCCN3CCCCC23)cc1. The number of piperidine rings is 2. The van der Waals surface area contributed by atoms with Crippen LogP contribution in [0.15, 0.2) is 54.6 Å². The smallest absolute Gasteiger partial charge is 0.114 e. The van der Waals surface area contributed by atoms with E-state index >= 15 is 0 Å². The number of benzene rings is 2. The topological polar surface area (TPSA) is 21.1 Å². The van der Waals surface area contributed by atoms with Crippen molar-refractivity contribution in [1.82, 2.24) is 14.5 Å². The van der Waals surface area contributed by atoms with Gasteiger partial charge in [-0.3, -0.25) is 0 Å². The van der Waals surface area contributed by atoms with Crippen molar-refractivity contribution < 1.29 is 0 Å². The van der Waals surface area contributed by atoms with Gasteiger partial charge in [0.25, 0.3) is 0 Å². The molecule has 2 unspecified atom stereocenters. The maximum atomic E-state index is 5.03. The maximum absolute atomic E-state index is 5.03. The molecule has 3 heterocycles. The van der Waals surface area contributed by atoms with Gasteiger partial charge in [0.15, 0.2) is 0 Å². The van der Waals surface area contributed by atoms with Gasteiger partial charge in [0, 0.05) is 19.0 Å². The fourth-order valence-corrected chi connectivity index (χ4v) is 5.27. The van der Waals surface area contributed by atoms with Crippen molar-refractivity contribution in [1.29, 1.82) is 0 Å². The van der Waals surface area contributed by atoms with Crippen LogP contribution >= 0.6 is 0 Å². The molecule has 2 aromatic carbocycles. The lowest BCUT2D eigenvalue weighted by molar-refractivity contribution is 0.0521. The molecule has 0 bridgehead atoms. The Morgan fingerprint density at radius 3 is 2.59 bits per heavy atom. The largest absolute Gasteiger partial charge is 0.327 e. The number of aromatic nitrogens is 2. The molecular weight excluding hydrogens is 330 g/mol. The number of nitrogens with zero attached hydrogens (tertiary/aromatic N) is 3. The third kappa shape index (κ3) is 3.41. The first-order chi connectivity index (χ1) is 13.4. The van der Waals surface area contributed by atoms with E-state index in [0.717, 1.165) is 30.4 Å².